The number of nitrogens with two attached hydrogens (primary N) is 1. The van der Waals surface area contributed by atoms with Gasteiger partial charge in [-0.05, 0) is 13.0 Å². The Labute approximate surface area is 87.2 Å². The molecule has 0 bridgehead atoms. The average molecular weight is 216 g/mol. The standard InChI is InChI=1S/C10H14F2N2O/c1-6(5-15-2)14-9-4-7(11)3-8(12)10(9)13/h3-4,6,14H,5,13H2,1-2H3. The molecule has 0 radical (unpaired) electrons. The highest BCUT2D eigenvalue weighted by Crippen LogP contribution is 2.23. The Morgan fingerprint density at radius 3 is 2.73 bits per heavy atom. The van der Waals surface area contributed by atoms with E-state index in [-0.39, 0.29) is 17.4 Å². The van der Waals surface area contributed by atoms with E-state index in [9.17, 15) is 8.78 Å². The molecule has 1 unspecified atom stereocenters. The van der Waals surface area contributed by atoms with Crippen LogP contribution in [0.4, 0.5) is 20.2 Å². The molecular weight excluding hydrogens is 202 g/mol. The molecular formula is C10H14F2N2O. The van der Waals surface area contributed by atoms with Crippen molar-refractivity contribution in [1.29, 1.82) is 0 Å². The van der Waals surface area contributed by atoms with Gasteiger partial charge in [-0.25, -0.2) is 8.78 Å². The molecule has 5 heteroatoms. The van der Waals surface area contributed by atoms with Crippen LogP contribution in [0.3, 0.4) is 0 Å². The Morgan fingerprint density at radius 1 is 1.47 bits per heavy atom. The van der Waals surface area contributed by atoms with E-state index in [2.05, 4.69) is 5.32 Å². The maximum atomic E-state index is 13.0. The van der Waals surface area contributed by atoms with Gasteiger partial charge < -0.3 is 15.8 Å². The maximum Gasteiger partial charge on any atom is 0.151 e. The number of nitrogens with one attached hydrogen (secondary N) is 1. The van der Waals surface area contributed by atoms with Crippen molar-refractivity contribution in [1.82, 2.24) is 0 Å². The largest absolute Gasteiger partial charge is 0.395 e. The predicted molar refractivity (Wildman–Crippen MR) is 55.7 cm³/mol. The number of benzene rings is 1. The molecule has 0 saturated heterocycles. The smallest absolute Gasteiger partial charge is 0.151 e. The van der Waals surface area contributed by atoms with E-state index in [1.165, 1.54) is 0 Å². The Morgan fingerprint density at radius 2 is 2.13 bits per heavy atom. The van der Waals surface area contributed by atoms with Gasteiger partial charge in [0.15, 0.2) is 5.82 Å². The Balaban J connectivity index is 2.84. The molecule has 0 aliphatic rings. The summed E-state index contributed by atoms with van der Waals surface area (Å²) in [7, 11) is 1.55. The minimum atomic E-state index is -0.762. The van der Waals surface area contributed by atoms with E-state index < -0.39 is 11.6 Å². The lowest BCUT2D eigenvalue weighted by atomic mass is 10.2. The second kappa shape index (κ2) is 4.93. The zero-order valence-electron chi connectivity index (χ0n) is 8.68. The van der Waals surface area contributed by atoms with Crippen LogP contribution in [0.15, 0.2) is 12.1 Å². The van der Waals surface area contributed by atoms with Crippen LogP contribution in [0, 0.1) is 11.6 Å². The number of anilines is 2. The quantitative estimate of drug-likeness (QED) is 0.757. The average Bonchev–Trinajstić information content (AvgIpc) is 2.13. The number of nitrogen functional groups attached to an aromatic ring is 1. The first-order valence-corrected chi connectivity index (χ1v) is 4.54. The summed E-state index contributed by atoms with van der Waals surface area (Å²) < 4.78 is 30.8. The van der Waals surface area contributed by atoms with Crippen molar-refractivity contribution in [2.45, 2.75) is 13.0 Å². The molecule has 0 saturated carbocycles. The number of halogens is 2. The summed E-state index contributed by atoms with van der Waals surface area (Å²) >= 11 is 0. The van der Waals surface area contributed by atoms with Crippen molar-refractivity contribution in [2.24, 2.45) is 0 Å². The van der Waals surface area contributed by atoms with Crippen LogP contribution in [-0.2, 0) is 4.74 Å². The Hall–Kier alpha value is -1.36. The molecule has 0 aliphatic carbocycles. The highest BCUT2D eigenvalue weighted by Gasteiger charge is 2.10. The molecule has 3 N–H and O–H groups in total. The van der Waals surface area contributed by atoms with E-state index in [1.54, 1.807) is 7.11 Å². The van der Waals surface area contributed by atoms with Crippen LogP contribution in [0.1, 0.15) is 6.92 Å². The molecule has 1 aromatic rings. The lowest BCUT2D eigenvalue weighted by molar-refractivity contribution is 0.190. The Kier molecular flexibility index (Phi) is 3.85. The van der Waals surface area contributed by atoms with Crippen molar-refractivity contribution in [2.75, 3.05) is 24.8 Å². The van der Waals surface area contributed by atoms with E-state index >= 15 is 0 Å². The van der Waals surface area contributed by atoms with Gasteiger partial charge in [0.1, 0.15) is 5.82 Å². The molecule has 0 amide bonds. The second-order valence-corrected chi connectivity index (χ2v) is 3.35. The van der Waals surface area contributed by atoms with Gasteiger partial charge in [-0.2, -0.15) is 0 Å². The molecule has 3 nitrogen and oxygen atoms in total. The summed E-state index contributed by atoms with van der Waals surface area (Å²) in [6.45, 7) is 2.25. The highest BCUT2D eigenvalue weighted by molar-refractivity contribution is 5.67. The predicted octanol–water partition coefficient (Wildman–Crippen LogP) is 1.99. The van der Waals surface area contributed by atoms with Gasteiger partial charge in [0, 0.05) is 19.2 Å². The van der Waals surface area contributed by atoms with E-state index in [0.29, 0.717) is 6.61 Å². The third-order valence-corrected chi connectivity index (χ3v) is 1.91. The number of hydrogen-bond donors (Lipinski definition) is 2. The molecule has 0 aliphatic heterocycles. The zero-order chi connectivity index (χ0) is 11.4. The molecule has 1 rings (SSSR count). The fourth-order valence-corrected chi connectivity index (χ4v) is 1.26. The molecule has 0 spiro atoms. The highest BCUT2D eigenvalue weighted by atomic mass is 19.1. The lowest BCUT2D eigenvalue weighted by Crippen LogP contribution is -2.21. The molecule has 0 heterocycles. The van der Waals surface area contributed by atoms with Gasteiger partial charge in [-0.1, -0.05) is 0 Å². The molecule has 84 valence electrons. The van der Waals surface area contributed by atoms with Crippen LogP contribution < -0.4 is 11.1 Å². The lowest BCUT2D eigenvalue weighted by Gasteiger charge is -2.16. The van der Waals surface area contributed by atoms with Crippen molar-refractivity contribution < 1.29 is 13.5 Å². The fourth-order valence-electron chi connectivity index (χ4n) is 1.26. The SMILES string of the molecule is COCC(C)Nc1cc(F)cc(F)c1N. The van der Waals surface area contributed by atoms with E-state index in [0.717, 1.165) is 12.1 Å². The first-order chi connectivity index (χ1) is 7.04. The first kappa shape index (κ1) is 11.7. The van der Waals surface area contributed by atoms with Crippen LogP contribution in [-0.4, -0.2) is 19.8 Å². The van der Waals surface area contributed by atoms with Gasteiger partial charge in [-0.3, -0.25) is 0 Å². The van der Waals surface area contributed by atoms with Crippen molar-refractivity contribution >= 4 is 11.4 Å². The van der Waals surface area contributed by atoms with Gasteiger partial charge in [0.25, 0.3) is 0 Å². The summed E-state index contributed by atoms with van der Waals surface area (Å²) in [5.41, 5.74) is 5.61. The van der Waals surface area contributed by atoms with Crippen LogP contribution >= 0.6 is 0 Å². The topological polar surface area (TPSA) is 47.3 Å². The van der Waals surface area contributed by atoms with Gasteiger partial charge in [-0.15, -0.1) is 0 Å². The summed E-state index contributed by atoms with van der Waals surface area (Å²) in [6, 6.07) is 1.84. The summed E-state index contributed by atoms with van der Waals surface area (Å²) in [5, 5.41) is 2.86. The molecule has 15 heavy (non-hydrogen) atoms. The van der Waals surface area contributed by atoms with Crippen molar-refractivity contribution in [3.05, 3.63) is 23.8 Å². The van der Waals surface area contributed by atoms with Gasteiger partial charge in [0.05, 0.1) is 18.0 Å². The molecule has 1 atom stereocenters. The number of hydrogen-bond acceptors (Lipinski definition) is 3. The first-order valence-electron chi connectivity index (χ1n) is 4.54. The summed E-state index contributed by atoms with van der Waals surface area (Å²) in [4.78, 5) is 0. The second-order valence-electron chi connectivity index (χ2n) is 3.35. The van der Waals surface area contributed by atoms with Crippen molar-refractivity contribution in [3.63, 3.8) is 0 Å². The van der Waals surface area contributed by atoms with Crippen LogP contribution in [0.2, 0.25) is 0 Å². The maximum absolute atomic E-state index is 13.0. The Bertz CT molecular complexity index is 344. The van der Waals surface area contributed by atoms with Gasteiger partial charge in [0.2, 0.25) is 0 Å². The third-order valence-electron chi connectivity index (χ3n) is 1.91. The van der Waals surface area contributed by atoms with Gasteiger partial charge >= 0.3 is 0 Å². The van der Waals surface area contributed by atoms with Crippen LogP contribution in [0.25, 0.3) is 0 Å². The third kappa shape index (κ3) is 3.06. The van der Waals surface area contributed by atoms with E-state index in [4.69, 9.17) is 10.5 Å². The molecule has 0 aromatic heterocycles. The van der Waals surface area contributed by atoms with Crippen LogP contribution in [0.5, 0.6) is 0 Å². The zero-order valence-corrected chi connectivity index (χ0v) is 8.68. The summed E-state index contributed by atoms with van der Waals surface area (Å²) in [6.07, 6.45) is 0. The fraction of sp³-hybridized carbons (Fsp3) is 0.400. The number of methoxy groups -OCH3 is 1. The minimum Gasteiger partial charge on any atom is -0.395 e. The number of ether oxygens (including phenoxy) is 1. The van der Waals surface area contributed by atoms with Crippen molar-refractivity contribution in [3.8, 4) is 0 Å². The summed E-state index contributed by atoms with van der Waals surface area (Å²) in [5.74, 6) is -1.42. The number of rotatable bonds is 4. The normalized spacial score (nSPS) is 12.5. The minimum absolute atomic E-state index is 0.0708. The molecule has 0 fully saturated rings. The van der Waals surface area contributed by atoms with E-state index in [1.807, 2.05) is 6.92 Å². The molecule has 1 aromatic carbocycles. The monoisotopic (exact) mass is 216 g/mol.